The Labute approximate surface area is 142 Å². The van der Waals surface area contributed by atoms with Crippen LogP contribution in [0.5, 0.6) is 0 Å². The Bertz CT molecular complexity index is 832. The van der Waals surface area contributed by atoms with Crippen LogP contribution < -0.4 is 5.01 Å². The minimum atomic E-state index is -0.0522. The molecular formula is C20H21N3O. The fourth-order valence-corrected chi connectivity index (χ4v) is 2.77. The van der Waals surface area contributed by atoms with E-state index in [9.17, 15) is 4.79 Å². The number of carbonyl (C=O) groups is 1. The molecule has 0 atom stereocenters. The van der Waals surface area contributed by atoms with Gasteiger partial charge < -0.3 is 0 Å². The second kappa shape index (κ2) is 7.23. The molecule has 0 bridgehead atoms. The van der Waals surface area contributed by atoms with Crippen LogP contribution in [0.1, 0.15) is 23.7 Å². The highest BCUT2D eigenvalue weighted by atomic mass is 16.2. The predicted octanol–water partition coefficient (Wildman–Crippen LogP) is 4.14. The molecule has 1 heterocycles. The molecule has 3 aromatic rings. The van der Waals surface area contributed by atoms with Gasteiger partial charge in [-0.1, -0.05) is 43.3 Å². The summed E-state index contributed by atoms with van der Waals surface area (Å²) >= 11 is 0. The number of rotatable bonds is 5. The van der Waals surface area contributed by atoms with E-state index in [2.05, 4.69) is 11.9 Å². The van der Waals surface area contributed by atoms with E-state index in [4.69, 9.17) is 0 Å². The Morgan fingerprint density at radius 1 is 1.04 bits per heavy atom. The van der Waals surface area contributed by atoms with Gasteiger partial charge in [0, 0.05) is 24.5 Å². The van der Waals surface area contributed by atoms with Gasteiger partial charge in [0.15, 0.2) is 0 Å². The smallest absolute Gasteiger partial charge is 0.267 e. The van der Waals surface area contributed by atoms with Gasteiger partial charge in [-0.3, -0.25) is 9.78 Å². The number of hydrazine groups is 1. The average Bonchev–Trinajstić information content (AvgIpc) is 2.63. The average molecular weight is 319 g/mol. The van der Waals surface area contributed by atoms with Gasteiger partial charge in [-0.2, -0.15) is 0 Å². The molecular weight excluding hydrogens is 298 g/mol. The number of amides is 1. The first-order chi connectivity index (χ1) is 11.7. The van der Waals surface area contributed by atoms with Gasteiger partial charge in [0.25, 0.3) is 5.91 Å². The van der Waals surface area contributed by atoms with Crippen molar-refractivity contribution < 1.29 is 4.79 Å². The highest BCUT2D eigenvalue weighted by Gasteiger charge is 2.22. The summed E-state index contributed by atoms with van der Waals surface area (Å²) in [6, 6.07) is 19.3. The molecule has 0 radical (unpaired) electrons. The molecule has 4 heteroatoms. The summed E-state index contributed by atoms with van der Waals surface area (Å²) in [6.45, 7) is 2.88. The van der Waals surface area contributed by atoms with Crippen LogP contribution in [0.2, 0.25) is 0 Å². The quantitative estimate of drug-likeness (QED) is 0.663. The first-order valence-electron chi connectivity index (χ1n) is 8.16. The largest absolute Gasteiger partial charge is 0.272 e. The zero-order valence-electron chi connectivity index (χ0n) is 14.0. The third kappa shape index (κ3) is 3.29. The Balaban J connectivity index is 2.04. The molecule has 0 spiro atoms. The lowest BCUT2D eigenvalue weighted by Crippen LogP contribution is -2.45. The van der Waals surface area contributed by atoms with Crippen LogP contribution in [-0.2, 0) is 0 Å². The van der Waals surface area contributed by atoms with Crippen molar-refractivity contribution in [2.75, 3.05) is 18.6 Å². The monoisotopic (exact) mass is 319 g/mol. The summed E-state index contributed by atoms with van der Waals surface area (Å²) in [7, 11) is 1.93. The zero-order chi connectivity index (χ0) is 16.9. The van der Waals surface area contributed by atoms with E-state index in [1.54, 1.807) is 11.2 Å². The summed E-state index contributed by atoms with van der Waals surface area (Å²) in [4.78, 5) is 17.6. The lowest BCUT2D eigenvalue weighted by Gasteiger charge is -2.31. The van der Waals surface area contributed by atoms with Crippen LogP contribution in [-0.4, -0.2) is 29.5 Å². The summed E-state index contributed by atoms with van der Waals surface area (Å²) in [5.74, 6) is -0.0522. The Morgan fingerprint density at radius 2 is 1.75 bits per heavy atom. The Kier molecular flexibility index (Phi) is 4.87. The highest BCUT2D eigenvalue weighted by molar-refractivity contribution is 6.06. The van der Waals surface area contributed by atoms with E-state index in [0.717, 1.165) is 29.6 Å². The predicted molar refractivity (Wildman–Crippen MR) is 97.9 cm³/mol. The molecule has 0 saturated carbocycles. The van der Waals surface area contributed by atoms with Gasteiger partial charge in [-0.25, -0.2) is 10.0 Å². The van der Waals surface area contributed by atoms with Crippen LogP contribution >= 0.6 is 0 Å². The van der Waals surface area contributed by atoms with E-state index < -0.39 is 0 Å². The lowest BCUT2D eigenvalue weighted by molar-refractivity contribution is 0.0914. The molecule has 0 aliphatic heterocycles. The van der Waals surface area contributed by atoms with Crippen molar-refractivity contribution in [1.29, 1.82) is 0 Å². The van der Waals surface area contributed by atoms with Crippen molar-refractivity contribution in [2.45, 2.75) is 13.3 Å². The molecule has 4 nitrogen and oxygen atoms in total. The second-order valence-electron chi connectivity index (χ2n) is 5.75. The van der Waals surface area contributed by atoms with Gasteiger partial charge in [-0.05, 0) is 30.7 Å². The molecule has 0 N–H and O–H groups in total. The number of hydrogen-bond acceptors (Lipinski definition) is 3. The SMILES string of the molecule is CCCN(C)N(C(=O)c1ccccc1)c1cnc2ccccc2c1. The van der Waals surface area contributed by atoms with Crippen molar-refractivity contribution in [1.82, 2.24) is 9.99 Å². The summed E-state index contributed by atoms with van der Waals surface area (Å²) in [5.41, 5.74) is 2.36. The standard InChI is InChI=1S/C20H21N3O/c1-3-13-22(2)23(20(24)16-9-5-4-6-10-16)18-14-17-11-7-8-12-19(17)21-15-18/h4-12,14-15H,3,13H2,1-2H3. The number of anilines is 1. The third-order valence-corrected chi connectivity index (χ3v) is 3.92. The van der Waals surface area contributed by atoms with E-state index in [-0.39, 0.29) is 5.91 Å². The van der Waals surface area contributed by atoms with E-state index >= 15 is 0 Å². The van der Waals surface area contributed by atoms with Crippen molar-refractivity contribution in [3.8, 4) is 0 Å². The van der Waals surface area contributed by atoms with Gasteiger partial charge in [0.2, 0.25) is 0 Å². The maximum atomic E-state index is 13.1. The number of aromatic nitrogens is 1. The molecule has 0 aliphatic carbocycles. The molecule has 2 aromatic carbocycles. The lowest BCUT2D eigenvalue weighted by atomic mass is 10.2. The first-order valence-corrected chi connectivity index (χ1v) is 8.16. The minimum Gasteiger partial charge on any atom is -0.267 e. The van der Waals surface area contributed by atoms with Crippen molar-refractivity contribution >= 4 is 22.5 Å². The molecule has 24 heavy (non-hydrogen) atoms. The molecule has 3 rings (SSSR count). The molecule has 0 aliphatic rings. The van der Waals surface area contributed by atoms with Crippen LogP contribution in [0.15, 0.2) is 66.9 Å². The number of benzene rings is 2. The highest BCUT2D eigenvalue weighted by Crippen LogP contribution is 2.23. The molecule has 0 unspecified atom stereocenters. The van der Waals surface area contributed by atoms with E-state index in [1.807, 2.05) is 72.7 Å². The van der Waals surface area contributed by atoms with Gasteiger partial charge in [0.1, 0.15) is 0 Å². The van der Waals surface area contributed by atoms with Crippen LogP contribution in [0.25, 0.3) is 10.9 Å². The van der Waals surface area contributed by atoms with Gasteiger partial charge >= 0.3 is 0 Å². The van der Waals surface area contributed by atoms with E-state index in [0.29, 0.717) is 5.56 Å². The second-order valence-corrected chi connectivity index (χ2v) is 5.75. The third-order valence-electron chi connectivity index (χ3n) is 3.92. The fourth-order valence-electron chi connectivity index (χ4n) is 2.77. The first kappa shape index (κ1) is 16.1. The maximum absolute atomic E-state index is 13.1. The van der Waals surface area contributed by atoms with Gasteiger partial charge in [-0.15, -0.1) is 0 Å². The zero-order valence-corrected chi connectivity index (χ0v) is 14.0. The number of fused-ring (bicyclic) bond motifs is 1. The van der Waals surface area contributed by atoms with Gasteiger partial charge in [0.05, 0.1) is 17.4 Å². The summed E-state index contributed by atoms with van der Waals surface area (Å²) < 4.78 is 0. The number of nitrogens with zero attached hydrogens (tertiary/aromatic N) is 3. The van der Waals surface area contributed by atoms with Crippen molar-refractivity contribution in [2.24, 2.45) is 0 Å². The molecule has 1 aromatic heterocycles. The normalized spacial score (nSPS) is 11.0. The number of carbonyl (C=O) groups excluding carboxylic acids is 1. The maximum Gasteiger partial charge on any atom is 0.272 e. The van der Waals surface area contributed by atoms with Crippen molar-refractivity contribution in [3.05, 3.63) is 72.4 Å². The molecule has 122 valence electrons. The number of pyridine rings is 1. The number of hydrogen-bond donors (Lipinski definition) is 0. The molecule has 0 saturated heterocycles. The fraction of sp³-hybridized carbons (Fsp3) is 0.200. The minimum absolute atomic E-state index is 0.0522. The van der Waals surface area contributed by atoms with Crippen LogP contribution in [0.4, 0.5) is 5.69 Å². The van der Waals surface area contributed by atoms with Crippen LogP contribution in [0, 0.1) is 0 Å². The summed E-state index contributed by atoms with van der Waals surface area (Å²) in [6.07, 6.45) is 2.71. The molecule has 1 amide bonds. The Morgan fingerprint density at radius 3 is 2.50 bits per heavy atom. The van der Waals surface area contributed by atoms with Crippen molar-refractivity contribution in [3.63, 3.8) is 0 Å². The van der Waals surface area contributed by atoms with Crippen LogP contribution in [0.3, 0.4) is 0 Å². The molecule has 0 fully saturated rings. The topological polar surface area (TPSA) is 36.4 Å². The Hall–Kier alpha value is -2.72. The number of para-hydroxylation sites is 1. The summed E-state index contributed by atoms with van der Waals surface area (Å²) in [5, 5.41) is 4.67. The van der Waals surface area contributed by atoms with E-state index in [1.165, 1.54) is 0 Å².